The molecule has 0 aromatic heterocycles. The molecule has 3 aliphatic rings. The highest BCUT2D eigenvalue weighted by atomic mass is 16.7. The Morgan fingerprint density at radius 1 is 0.581 bits per heavy atom. The highest BCUT2D eigenvalue weighted by Crippen LogP contribution is 2.40. The second-order valence-electron chi connectivity index (χ2n) is 11.3. The zero-order valence-electron chi connectivity index (χ0n) is 25.6. The summed E-state index contributed by atoms with van der Waals surface area (Å²) in [6.07, 6.45) is -4.19. The Hall–Kier alpha value is -3.00. The largest absolute Gasteiger partial charge is 0.355 e. The first kappa shape index (κ1) is 34.5. The summed E-state index contributed by atoms with van der Waals surface area (Å²) < 4.78 is 37.1. The lowest BCUT2D eigenvalue weighted by Crippen LogP contribution is -2.61. The molecule has 0 aliphatic carbocycles. The summed E-state index contributed by atoms with van der Waals surface area (Å²) >= 11 is 0. The fourth-order valence-electron chi connectivity index (χ4n) is 6.37. The van der Waals surface area contributed by atoms with Crippen LogP contribution in [-0.4, -0.2) is 81.2 Å². The van der Waals surface area contributed by atoms with Gasteiger partial charge in [0.25, 0.3) is 0 Å². The van der Waals surface area contributed by atoms with Crippen molar-refractivity contribution in [3.05, 3.63) is 41.8 Å². The van der Waals surface area contributed by atoms with Crippen molar-refractivity contribution < 1.29 is 28.4 Å². The molecule has 3 heterocycles. The minimum atomic E-state index is -1.03. The number of nitrogens with zero attached hydrogens (tertiary/aromatic N) is 12. The average molecular weight is 607 g/mol. The van der Waals surface area contributed by atoms with Gasteiger partial charge >= 0.3 is 0 Å². The summed E-state index contributed by atoms with van der Waals surface area (Å²) in [5.41, 5.74) is 36.9. The van der Waals surface area contributed by atoms with E-state index in [4.69, 9.17) is 39.5 Å². The fourth-order valence-corrected chi connectivity index (χ4v) is 6.37. The van der Waals surface area contributed by atoms with E-state index >= 15 is 0 Å². The number of rotatable bonds is 12. The van der Waals surface area contributed by atoms with E-state index < -0.39 is 73.2 Å². The third-order valence-electron chi connectivity index (χ3n) is 9.06. The molecule has 18 nitrogen and oxygen atoms in total. The standard InChI is InChI=1S/C25H42N12O6/c1-8-15-11(3)12(4)18(31-35-27)24(39-15)42-21-14(6)20(33-37-29)25(40-16(21)9-2)43-22-13(5)19(32-36-28)23(38-7)41-17(22)10-30-34-26/h11-25H,8-10H2,1-7H3/t11-,12?,13?,14?,15?,16?,17?,18-,19-,20-,21-,22-,23-,24?,25+/m1/s1. The normalized spacial score (nSPS) is 42.8. The number of hydrogen-bond donors (Lipinski definition) is 0. The molecule has 0 spiro atoms. The third-order valence-corrected chi connectivity index (χ3v) is 9.06. The van der Waals surface area contributed by atoms with E-state index in [2.05, 4.69) is 47.0 Å². The minimum absolute atomic E-state index is 0.00392. The zero-order valence-corrected chi connectivity index (χ0v) is 25.6. The molecule has 15 atom stereocenters. The van der Waals surface area contributed by atoms with Crippen molar-refractivity contribution in [1.82, 2.24) is 0 Å². The maximum atomic E-state index is 9.51. The summed E-state index contributed by atoms with van der Waals surface area (Å²) in [5.74, 6) is -0.715. The maximum Gasteiger partial charge on any atom is 0.167 e. The molecule has 7 unspecified atom stereocenters. The Kier molecular flexibility index (Phi) is 13.0. The van der Waals surface area contributed by atoms with Crippen LogP contribution in [0.4, 0.5) is 0 Å². The predicted molar refractivity (Wildman–Crippen MR) is 153 cm³/mol. The van der Waals surface area contributed by atoms with Crippen LogP contribution in [0.3, 0.4) is 0 Å². The van der Waals surface area contributed by atoms with Crippen LogP contribution in [-0.2, 0) is 28.4 Å². The van der Waals surface area contributed by atoms with Crippen molar-refractivity contribution in [1.29, 1.82) is 0 Å². The van der Waals surface area contributed by atoms with E-state index in [-0.39, 0.29) is 24.5 Å². The van der Waals surface area contributed by atoms with Crippen molar-refractivity contribution in [3.8, 4) is 0 Å². The molecule has 0 saturated carbocycles. The highest BCUT2D eigenvalue weighted by molar-refractivity contribution is 4.98. The van der Waals surface area contributed by atoms with Gasteiger partial charge in [-0.25, -0.2) is 0 Å². The molecular weight excluding hydrogens is 564 g/mol. The molecule has 0 aromatic carbocycles. The Balaban J connectivity index is 1.91. The molecule has 0 bridgehead atoms. The van der Waals surface area contributed by atoms with Gasteiger partial charge in [0.05, 0.1) is 55.2 Å². The molecule has 0 aromatic rings. The average Bonchev–Trinajstić information content (AvgIpc) is 3.00. The van der Waals surface area contributed by atoms with E-state index in [0.29, 0.717) is 6.42 Å². The van der Waals surface area contributed by atoms with E-state index in [0.717, 1.165) is 6.42 Å². The Labute approximate surface area is 250 Å². The number of azide groups is 4. The lowest BCUT2D eigenvalue weighted by molar-refractivity contribution is -0.329. The quantitative estimate of drug-likeness (QED) is 0.140. The molecule has 0 amide bonds. The summed E-state index contributed by atoms with van der Waals surface area (Å²) in [4.78, 5) is 11.9. The van der Waals surface area contributed by atoms with Gasteiger partial charge in [-0.3, -0.25) is 0 Å². The smallest absolute Gasteiger partial charge is 0.167 e. The molecule has 3 fully saturated rings. The molecule has 0 radical (unpaired) electrons. The van der Waals surface area contributed by atoms with Crippen LogP contribution < -0.4 is 0 Å². The van der Waals surface area contributed by atoms with Gasteiger partial charge in [0.1, 0.15) is 0 Å². The number of methoxy groups -OCH3 is 1. The lowest BCUT2D eigenvalue weighted by atomic mass is 9.81. The molecule has 3 aliphatic heterocycles. The van der Waals surface area contributed by atoms with E-state index in [9.17, 15) is 11.1 Å². The van der Waals surface area contributed by atoms with Gasteiger partial charge < -0.3 is 28.4 Å². The van der Waals surface area contributed by atoms with Gasteiger partial charge in [-0.2, -0.15) is 0 Å². The third kappa shape index (κ3) is 7.57. The second-order valence-corrected chi connectivity index (χ2v) is 11.3. The van der Waals surface area contributed by atoms with E-state index in [1.807, 2.05) is 34.6 Å². The van der Waals surface area contributed by atoms with Gasteiger partial charge in [0.2, 0.25) is 0 Å². The Bertz CT molecular complexity index is 1120. The maximum absolute atomic E-state index is 9.51. The van der Waals surface area contributed by atoms with Crippen molar-refractivity contribution >= 4 is 0 Å². The molecule has 18 heteroatoms. The van der Waals surface area contributed by atoms with Crippen LogP contribution in [0.1, 0.15) is 54.4 Å². The van der Waals surface area contributed by atoms with Gasteiger partial charge in [0, 0.05) is 26.8 Å². The first-order valence-electron chi connectivity index (χ1n) is 14.6. The Morgan fingerprint density at radius 3 is 1.49 bits per heavy atom. The van der Waals surface area contributed by atoms with Crippen LogP contribution in [0.2, 0.25) is 0 Å². The van der Waals surface area contributed by atoms with Crippen molar-refractivity contribution in [2.45, 2.75) is 122 Å². The first-order chi connectivity index (χ1) is 20.7. The zero-order chi connectivity index (χ0) is 31.7. The van der Waals surface area contributed by atoms with Gasteiger partial charge in [-0.15, -0.1) is 0 Å². The molecule has 238 valence electrons. The number of ether oxygens (including phenoxy) is 6. The van der Waals surface area contributed by atoms with Gasteiger partial charge in [-0.1, -0.05) is 62.0 Å². The topological polar surface area (TPSA) is 250 Å². The summed E-state index contributed by atoms with van der Waals surface area (Å²) in [7, 11) is 1.42. The summed E-state index contributed by atoms with van der Waals surface area (Å²) in [6, 6.07) is -2.16. The monoisotopic (exact) mass is 606 g/mol. The highest BCUT2D eigenvalue weighted by Gasteiger charge is 2.51. The summed E-state index contributed by atoms with van der Waals surface area (Å²) in [6.45, 7) is 11.7. The Morgan fingerprint density at radius 2 is 1.02 bits per heavy atom. The predicted octanol–water partition coefficient (Wildman–Crippen LogP) is 6.29. The molecular formula is C25H42N12O6. The van der Waals surface area contributed by atoms with Crippen LogP contribution in [0.5, 0.6) is 0 Å². The van der Waals surface area contributed by atoms with Gasteiger partial charge in [0.15, 0.2) is 18.9 Å². The van der Waals surface area contributed by atoms with Crippen molar-refractivity contribution in [2.24, 2.45) is 44.1 Å². The van der Waals surface area contributed by atoms with E-state index in [1.54, 1.807) is 0 Å². The SMILES string of the molecule is CCC1OC(O[C@H]2C(CC)O[C@@H](O[C@H]3C(CN=[N+]=[N-])O[C@@H](OC)[C@H](N=[N+]=[N-])C3C)[C@H](N=[N+]=[N-])C2C)[C@H](N=[N+]=[N-])C(C)[C@H]1C. The van der Waals surface area contributed by atoms with Gasteiger partial charge in [-0.05, 0) is 58.6 Å². The lowest BCUT2D eigenvalue weighted by Gasteiger charge is -2.50. The van der Waals surface area contributed by atoms with E-state index in [1.165, 1.54) is 7.11 Å². The number of hydrogen-bond acceptors (Lipinski definition) is 10. The molecule has 3 rings (SSSR count). The fraction of sp³-hybridized carbons (Fsp3) is 1.00. The van der Waals surface area contributed by atoms with Crippen LogP contribution >= 0.6 is 0 Å². The minimum Gasteiger partial charge on any atom is -0.355 e. The second kappa shape index (κ2) is 16.2. The van der Waals surface area contributed by atoms with Crippen LogP contribution in [0.15, 0.2) is 20.5 Å². The molecule has 0 N–H and O–H groups in total. The van der Waals surface area contributed by atoms with Crippen LogP contribution in [0, 0.1) is 23.7 Å². The van der Waals surface area contributed by atoms with Crippen molar-refractivity contribution in [2.75, 3.05) is 13.7 Å². The molecule has 43 heavy (non-hydrogen) atoms. The van der Waals surface area contributed by atoms with Crippen LogP contribution in [0.25, 0.3) is 41.8 Å². The first-order valence-corrected chi connectivity index (χ1v) is 14.6. The van der Waals surface area contributed by atoms with Crippen molar-refractivity contribution in [3.63, 3.8) is 0 Å². The summed E-state index contributed by atoms with van der Waals surface area (Å²) in [5, 5.41) is 15.6. The molecule has 3 saturated heterocycles.